The molecular formula is C21H19NOS. The van der Waals surface area contributed by atoms with Crippen LogP contribution in [0.1, 0.15) is 10.4 Å². The molecule has 0 unspecified atom stereocenters. The summed E-state index contributed by atoms with van der Waals surface area (Å²) in [5.74, 6) is 0. The second-order valence-electron chi connectivity index (χ2n) is 5.91. The predicted molar refractivity (Wildman–Crippen MR) is 101 cm³/mol. The van der Waals surface area contributed by atoms with Crippen molar-refractivity contribution in [2.75, 3.05) is 0 Å². The molecule has 0 saturated heterocycles. The van der Waals surface area contributed by atoms with E-state index in [2.05, 4.69) is 71.4 Å². The molecule has 0 aliphatic carbocycles. The maximum atomic E-state index is 9.33. The van der Waals surface area contributed by atoms with E-state index in [0.717, 1.165) is 17.8 Å². The molecule has 0 amide bonds. The number of aliphatic hydroxyl groups is 1. The van der Waals surface area contributed by atoms with E-state index in [1.54, 1.807) is 11.3 Å². The molecule has 24 heavy (non-hydrogen) atoms. The molecule has 0 radical (unpaired) electrons. The third kappa shape index (κ3) is 2.88. The summed E-state index contributed by atoms with van der Waals surface area (Å²) in [6, 6.07) is 23.3. The Kier molecular flexibility index (Phi) is 4.20. The Morgan fingerprint density at radius 2 is 1.67 bits per heavy atom. The Hall–Kier alpha value is -2.36. The number of hydrogen-bond acceptors (Lipinski definition) is 2. The lowest BCUT2D eigenvalue weighted by Crippen LogP contribution is -1.99. The highest BCUT2D eigenvalue weighted by molar-refractivity contribution is 7.15. The highest BCUT2D eigenvalue weighted by Gasteiger charge is 2.11. The summed E-state index contributed by atoms with van der Waals surface area (Å²) in [7, 11) is 0. The lowest BCUT2D eigenvalue weighted by atomic mass is 10.1. The highest BCUT2D eigenvalue weighted by atomic mass is 32.1. The van der Waals surface area contributed by atoms with Crippen molar-refractivity contribution >= 4 is 22.2 Å². The van der Waals surface area contributed by atoms with E-state index >= 15 is 0 Å². The first-order valence-electron chi connectivity index (χ1n) is 8.17. The van der Waals surface area contributed by atoms with Crippen LogP contribution in [0.3, 0.4) is 0 Å². The van der Waals surface area contributed by atoms with Crippen molar-refractivity contribution in [3.8, 4) is 10.4 Å². The second-order valence-corrected chi connectivity index (χ2v) is 7.08. The number of nitrogens with zero attached hydrogens (tertiary/aromatic N) is 1. The standard InChI is InChI=1S/C21H19NOS/c23-15-17-10-11-21(24-17)19-14-22(20-9-5-4-8-18(19)20)13-12-16-6-2-1-3-7-16/h1-11,14,23H,12-13,15H2. The number of aliphatic hydroxyl groups excluding tert-OH is 1. The first-order valence-corrected chi connectivity index (χ1v) is 8.98. The Balaban J connectivity index is 1.71. The topological polar surface area (TPSA) is 25.2 Å². The van der Waals surface area contributed by atoms with Crippen LogP contribution in [0.5, 0.6) is 0 Å². The van der Waals surface area contributed by atoms with E-state index in [0.29, 0.717) is 0 Å². The lowest BCUT2D eigenvalue weighted by molar-refractivity contribution is 0.285. The Morgan fingerprint density at radius 3 is 2.46 bits per heavy atom. The van der Waals surface area contributed by atoms with Gasteiger partial charge >= 0.3 is 0 Å². The highest BCUT2D eigenvalue weighted by Crippen LogP contribution is 2.35. The summed E-state index contributed by atoms with van der Waals surface area (Å²) in [5, 5.41) is 10.6. The molecule has 0 atom stereocenters. The van der Waals surface area contributed by atoms with Crippen LogP contribution >= 0.6 is 11.3 Å². The number of aromatic nitrogens is 1. The van der Waals surface area contributed by atoms with Gasteiger partial charge in [0.1, 0.15) is 0 Å². The minimum atomic E-state index is 0.108. The quantitative estimate of drug-likeness (QED) is 0.540. The number of hydrogen-bond donors (Lipinski definition) is 1. The Bertz CT molecular complexity index is 952. The van der Waals surface area contributed by atoms with Crippen molar-refractivity contribution in [1.29, 1.82) is 0 Å². The molecule has 2 aromatic carbocycles. The fraction of sp³-hybridized carbons (Fsp3) is 0.143. The van der Waals surface area contributed by atoms with Gasteiger partial charge in [0.2, 0.25) is 0 Å². The van der Waals surface area contributed by atoms with Gasteiger partial charge in [0.15, 0.2) is 0 Å². The fourth-order valence-corrected chi connectivity index (χ4v) is 4.02. The van der Waals surface area contributed by atoms with E-state index in [9.17, 15) is 5.11 Å². The first-order chi connectivity index (χ1) is 11.8. The van der Waals surface area contributed by atoms with E-state index < -0.39 is 0 Å². The van der Waals surface area contributed by atoms with E-state index in [4.69, 9.17) is 0 Å². The Morgan fingerprint density at radius 1 is 0.875 bits per heavy atom. The minimum Gasteiger partial charge on any atom is -0.391 e. The summed E-state index contributed by atoms with van der Waals surface area (Å²) in [4.78, 5) is 2.22. The molecule has 0 aliphatic rings. The zero-order valence-corrected chi connectivity index (χ0v) is 14.2. The van der Waals surface area contributed by atoms with E-state index in [1.165, 1.54) is 26.9 Å². The monoisotopic (exact) mass is 333 g/mol. The average molecular weight is 333 g/mol. The third-order valence-electron chi connectivity index (χ3n) is 4.36. The van der Waals surface area contributed by atoms with E-state index in [1.807, 2.05) is 6.07 Å². The fourth-order valence-electron chi connectivity index (χ4n) is 3.13. The summed E-state index contributed by atoms with van der Waals surface area (Å²) in [6.45, 7) is 1.07. The van der Waals surface area contributed by atoms with Gasteiger partial charge in [-0.1, -0.05) is 48.5 Å². The number of fused-ring (bicyclic) bond motifs is 1. The van der Waals surface area contributed by atoms with Gasteiger partial charge in [-0.2, -0.15) is 0 Å². The molecule has 0 fully saturated rings. The number of thiophene rings is 1. The molecule has 0 bridgehead atoms. The molecule has 3 heteroatoms. The van der Waals surface area contributed by atoms with Crippen molar-refractivity contribution in [2.45, 2.75) is 19.6 Å². The lowest BCUT2D eigenvalue weighted by Gasteiger charge is -2.05. The molecule has 4 rings (SSSR count). The van der Waals surface area contributed by atoms with Gasteiger partial charge in [0.25, 0.3) is 0 Å². The molecular weight excluding hydrogens is 314 g/mol. The SMILES string of the molecule is OCc1ccc(-c2cn(CCc3ccccc3)c3ccccc23)s1. The van der Waals surface area contributed by atoms with Crippen LogP contribution < -0.4 is 0 Å². The van der Waals surface area contributed by atoms with E-state index in [-0.39, 0.29) is 6.61 Å². The van der Waals surface area contributed by atoms with Crippen molar-refractivity contribution in [3.05, 3.63) is 83.4 Å². The maximum Gasteiger partial charge on any atom is 0.0774 e. The van der Waals surface area contributed by atoms with Crippen LogP contribution in [-0.2, 0) is 19.6 Å². The van der Waals surface area contributed by atoms with Crippen LogP contribution in [0.15, 0.2) is 72.9 Å². The molecule has 0 spiro atoms. The van der Waals surface area contributed by atoms with Gasteiger partial charge in [-0.25, -0.2) is 0 Å². The van der Waals surface area contributed by atoms with Gasteiger partial charge in [-0.3, -0.25) is 0 Å². The molecule has 120 valence electrons. The van der Waals surface area contributed by atoms with Crippen molar-refractivity contribution in [1.82, 2.24) is 4.57 Å². The second kappa shape index (κ2) is 6.63. The summed E-state index contributed by atoms with van der Waals surface area (Å²) >= 11 is 1.67. The number of benzene rings is 2. The average Bonchev–Trinajstić information content (AvgIpc) is 3.25. The molecule has 0 saturated carbocycles. The number of para-hydroxylation sites is 1. The van der Waals surface area contributed by atoms with Crippen LogP contribution in [-0.4, -0.2) is 9.67 Å². The number of rotatable bonds is 5. The number of aryl methyl sites for hydroxylation is 2. The zero-order valence-electron chi connectivity index (χ0n) is 13.4. The van der Waals surface area contributed by atoms with Crippen molar-refractivity contribution in [2.24, 2.45) is 0 Å². The summed E-state index contributed by atoms with van der Waals surface area (Å²) in [5.41, 5.74) is 3.88. The van der Waals surface area contributed by atoms with Gasteiger partial charge in [0.05, 0.1) is 6.61 Å². The van der Waals surface area contributed by atoms with Crippen molar-refractivity contribution < 1.29 is 5.11 Å². The third-order valence-corrected chi connectivity index (χ3v) is 5.46. The summed E-state index contributed by atoms with van der Waals surface area (Å²) in [6.07, 6.45) is 3.27. The molecule has 1 N–H and O–H groups in total. The molecule has 4 aromatic rings. The maximum absolute atomic E-state index is 9.33. The van der Waals surface area contributed by atoms with Crippen LogP contribution in [0, 0.1) is 0 Å². The van der Waals surface area contributed by atoms with Gasteiger partial charge in [0, 0.05) is 39.0 Å². The molecule has 2 nitrogen and oxygen atoms in total. The molecule has 2 heterocycles. The van der Waals surface area contributed by atoms with Crippen molar-refractivity contribution in [3.63, 3.8) is 0 Å². The van der Waals surface area contributed by atoms with Crippen LogP contribution in [0.4, 0.5) is 0 Å². The first kappa shape index (κ1) is 15.2. The normalized spacial score (nSPS) is 11.2. The predicted octanol–water partition coefficient (Wildman–Crippen LogP) is 5.10. The van der Waals surface area contributed by atoms with Gasteiger partial charge < -0.3 is 9.67 Å². The minimum absolute atomic E-state index is 0.108. The van der Waals surface area contributed by atoms with Crippen LogP contribution in [0.2, 0.25) is 0 Å². The Labute approximate surface area is 145 Å². The smallest absolute Gasteiger partial charge is 0.0774 e. The zero-order chi connectivity index (χ0) is 16.4. The van der Waals surface area contributed by atoms with Gasteiger partial charge in [-0.05, 0) is 30.2 Å². The summed E-state index contributed by atoms with van der Waals surface area (Å²) < 4.78 is 2.34. The largest absolute Gasteiger partial charge is 0.391 e. The van der Waals surface area contributed by atoms with Crippen LogP contribution in [0.25, 0.3) is 21.3 Å². The molecule has 2 aromatic heterocycles. The van der Waals surface area contributed by atoms with Gasteiger partial charge in [-0.15, -0.1) is 11.3 Å². The molecule has 0 aliphatic heterocycles.